The summed E-state index contributed by atoms with van der Waals surface area (Å²) in [5.74, 6) is -1.22. The van der Waals surface area contributed by atoms with Crippen LogP contribution in [0, 0.1) is 0 Å². The summed E-state index contributed by atoms with van der Waals surface area (Å²) >= 11 is 0. The van der Waals surface area contributed by atoms with E-state index < -0.39 is 22.5 Å². The number of nitrogens with zero attached hydrogens (tertiary/aromatic N) is 1. The Bertz CT molecular complexity index is 1140. The van der Waals surface area contributed by atoms with E-state index in [-0.39, 0.29) is 34.7 Å². The van der Waals surface area contributed by atoms with Crippen LogP contribution in [0.15, 0.2) is 48.5 Å². The number of sulfonamides is 1. The Kier molecular flexibility index (Phi) is 7.83. The number of carbonyl (C=O) groups is 3. The standard InChI is InChI=1S/C23H27N3O6S/c1-16(27)17-7-5-8-18(13-17)26(33(2,30)31)15-22(28)25-21-11-4-3-10-20(21)23(29)24-14-19-9-6-12-32-19/h3-5,7-8,10-11,13,19H,6,9,12,14-15H2,1-2H3,(H,24,29)(H,25,28)/t19-/m1/s1. The Hall–Kier alpha value is -3.24. The number of benzene rings is 2. The summed E-state index contributed by atoms with van der Waals surface area (Å²) in [4.78, 5) is 37.1. The van der Waals surface area contributed by atoms with Gasteiger partial charge in [0.25, 0.3) is 5.91 Å². The van der Waals surface area contributed by atoms with Crippen LogP contribution in [0.5, 0.6) is 0 Å². The van der Waals surface area contributed by atoms with Gasteiger partial charge in [0.15, 0.2) is 5.78 Å². The van der Waals surface area contributed by atoms with Crippen LogP contribution in [-0.4, -0.2) is 58.1 Å². The zero-order valence-electron chi connectivity index (χ0n) is 18.5. The molecule has 2 amide bonds. The summed E-state index contributed by atoms with van der Waals surface area (Å²) in [5, 5.41) is 5.43. The summed E-state index contributed by atoms with van der Waals surface area (Å²) in [7, 11) is -3.82. The molecule has 0 saturated carbocycles. The molecule has 2 aromatic carbocycles. The maximum absolute atomic E-state index is 12.8. The van der Waals surface area contributed by atoms with E-state index in [1.807, 2.05) is 0 Å². The molecule has 0 unspecified atom stereocenters. The lowest BCUT2D eigenvalue weighted by molar-refractivity contribution is -0.114. The van der Waals surface area contributed by atoms with E-state index >= 15 is 0 Å². The van der Waals surface area contributed by atoms with E-state index in [0.717, 1.165) is 23.4 Å². The molecule has 0 aromatic heterocycles. The molecule has 0 spiro atoms. The first-order valence-electron chi connectivity index (χ1n) is 10.5. The number of hydrogen-bond donors (Lipinski definition) is 2. The predicted molar refractivity (Wildman–Crippen MR) is 125 cm³/mol. The monoisotopic (exact) mass is 473 g/mol. The second-order valence-corrected chi connectivity index (χ2v) is 9.72. The topological polar surface area (TPSA) is 122 Å². The molecule has 2 N–H and O–H groups in total. The number of Topliss-reactive ketones (excluding diaryl/α,β-unsaturated/α-hetero) is 1. The number of ketones is 1. The number of carbonyl (C=O) groups excluding carboxylic acids is 3. The highest BCUT2D eigenvalue weighted by molar-refractivity contribution is 7.92. The van der Waals surface area contributed by atoms with Gasteiger partial charge in [0.1, 0.15) is 6.54 Å². The molecular weight excluding hydrogens is 446 g/mol. The molecule has 176 valence electrons. The number of para-hydroxylation sites is 1. The molecule has 1 heterocycles. The van der Waals surface area contributed by atoms with Crippen molar-refractivity contribution in [3.63, 3.8) is 0 Å². The van der Waals surface area contributed by atoms with Gasteiger partial charge in [-0.25, -0.2) is 8.42 Å². The van der Waals surface area contributed by atoms with Gasteiger partial charge in [0.05, 0.1) is 29.3 Å². The van der Waals surface area contributed by atoms with Crippen molar-refractivity contribution in [2.75, 3.05) is 35.6 Å². The van der Waals surface area contributed by atoms with Gasteiger partial charge in [0.2, 0.25) is 15.9 Å². The third-order valence-electron chi connectivity index (χ3n) is 5.19. The minimum absolute atomic E-state index is 0.0233. The Morgan fingerprint density at radius 2 is 1.88 bits per heavy atom. The lowest BCUT2D eigenvalue weighted by Gasteiger charge is -2.22. The summed E-state index contributed by atoms with van der Waals surface area (Å²) in [5.41, 5.74) is 1.05. The number of hydrogen-bond acceptors (Lipinski definition) is 6. The van der Waals surface area contributed by atoms with Gasteiger partial charge in [-0.1, -0.05) is 24.3 Å². The van der Waals surface area contributed by atoms with E-state index in [0.29, 0.717) is 18.7 Å². The molecule has 1 fully saturated rings. The maximum Gasteiger partial charge on any atom is 0.253 e. The molecule has 1 aliphatic heterocycles. The maximum atomic E-state index is 12.8. The van der Waals surface area contributed by atoms with Gasteiger partial charge in [0, 0.05) is 18.7 Å². The second-order valence-electron chi connectivity index (χ2n) is 7.81. The number of rotatable bonds is 9. The molecule has 0 aliphatic carbocycles. The highest BCUT2D eigenvalue weighted by atomic mass is 32.2. The normalized spacial score (nSPS) is 15.6. The first-order chi connectivity index (χ1) is 15.6. The highest BCUT2D eigenvalue weighted by Crippen LogP contribution is 2.21. The lowest BCUT2D eigenvalue weighted by Crippen LogP contribution is -2.38. The average Bonchev–Trinajstić information content (AvgIpc) is 3.29. The van der Waals surface area contributed by atoms with E-state index in [1.165, 1.54) is 19.1 Å². The number of nitrogens with one attached hydrogen (secondary N) is 2. The van der Waals surface area contributed by atoms with Crippen LogP contribution in [-0.2, 0) is 19.6 Å². The Morgan fingerprint density at radius 1 is 1.12 bits per heavy atom. The van der Waals surface area contributed by atoms with E-state index in [9.17, 15) is 22.8 Å². The molecule has 3 rings (SSSR count). The molecule has 0 bridgehead atoms. The molecule has 2 aromatic rings. The number of amides is 2. The fraction of sp³-hybridized carbons (Fsp3) is 0.348. The van der Waals surface area contributed by atoms with Crippen LogP contribution in [0.1, 0.15) is 40.5 Å². The average molecular weight is 474 g/mol. The van der Waals surface area contributed by atoms with Crippen LogP contribution in [0.25, 0.3) is 0 Å². The summed E-state index contributed by atoms with van der Waals surface area (Å²) in [6, 6.07) is 12.5. The Labute approximate surface area is 193 Å². The second kappa shape index (κ2) is 10.6. The van der Waals surface area contributed by atoms with Crippen molar-refractivity contribution in [2.45, 2.75) is 25.9 Å². The molecule has 33 heavy (non-hydrogen) atoms. The van der Waals surface area contributed by atoms with E-state index in [1.54, 1.807) is 36.4 Å². The van der Waals surface area contributed by atoms with Crippen molar-refractivity contribution in [2.24, 2.45) is 0 Å². The summed E-state index contributed by atoms with van der Waals surface area (Å²) in [6.45, 7) is 1.90. The van der Waals surface area contributed by atoms with Crippen LogP contribution < -0.4 is 14.9 Å². The number of anilines is 2. The molecule has 0 radical (unpaired) electrons. The zero-order chi connectivity index (χ0) is 24.0. The Balaban J connectivity index is 1.74. The molecule has 1 saturated heterocycles. The Morgan fingerprint density at radius 3 is 2.55 bits per heavy atom. The van der Waals surface area contributed by atoms with Gasteiger partial charge in [-0.15, -0.1) is 0 Å². The number of ether oxygens (including phenoxy) is 1. The molecule has 1 atom stereocenters. The van der Waals surface area contributed by atoms with Crippen molar-refractivity contribution < 1.29 is 27.5 Å². The lowest BCUT2D eigenvalue weighted by atomic mass is 10.1. The fourth-order valence-electron chi connectivity index (χ4n) is 3.50. The minimum Gasteiger partial charge on any atom is -0.376 e. The SMILES string of the molecule is CC(=O)c1cccc(N(CC(=O)Nc2ccccc2C(=O)NC[C@H]2CCCO2)S(C)(=O)=O)c1. The third kappa shape index (κ3) is 6.62. The summed E-state index contributed by atoms with van der Waals surface area (Å²) < 4.78 is 31.2. The third-order valence-corrected chi connectivity index (χ3v) is 6.33. The van der Waals surface area contributed by atoms with Crippen molar-refractivity contribution in [1.29, 1.82) is 0 Å². The zero-order valence-corrected chi connectivity index (χ0v) is 19.4. The molecule has 1 aliphatic rings. The molecule has 10 heteroatoms. The van der Waals surface area contributed by atoms with Crippen molar-refractivity contribution in [3.8, 4) is 0 Å². The van der Waals surface area contributed by atoms with E-state index in [4.69, 9.17) is 4.74 Å². The minimum atomic E-state index is -3.82. The molecule has 9 nitrogen and oxygen atoms in total. The molecular formula is C23H27N3O6S. The highest BCUT2D eigenvalue weighted by Gasteiger charge is 2.23. The smallest absolute Gasteiger partial charge is 0.253 e. The first kappa shape index (κ1) is 24.4. The van der Waals surface area contributed by atoms with Gasteiger partial charge >= 0.3 is 0 Å². The summed E-state index contributed by atoms with van der Waals surface area (Å²) in [6.07, 6.45) is 2.79. The quantitative estimate of drug-likeness (QED) is 0.539. The van der Waals surface area contributed by atoms with Crippen molar-refractivity contribution in [1.82, 2.24) is 5.32 Å². The van der Waals surface area contributed by atoms with Crippen LogP contribution in [0.2, 0.25) is 0 Å². The largest absolute Gasteiger partial charge is 0.376 e. The van der Waals surface area contributed by atoms with Crippen molar-refractivity contribution >= 4 is 39.0 Å². The van der Waals surface area contributed by atoms with Crippen LogP contribution in [0.3, 0.4) is 0 Å². The van der Waals surface area contributed by atoms with Crippen LogP contribution in [0.4, 0.5) is 11.4 Å². The van der Waals surface area contributed by atoms with Crippen LogP contribution >= 0.6 is 0 Å². The predicted octanol–water partition coefficient (Wildman–Crippen LogP) is 2.20. The van der Waals surface area contributed by atoms with Gasteiger partial charge in [-0.3, -0.25) is 18.7 Å². The van der Waals surface area contributed by atoms with E-state index in [2.05, 4.69) is 10.6 Å². The van der Waals surface area contributed by atoms with Gasteiger partial charge in [-0.2, -0.15) is 0 Å². The van der Waals surface area contributed by atoms with Gasteiger partial charge < -0.3 is 15.4 Å². The van der Waals surface area contributed by atoms with Crippen molar-refractivity contribution in [3.05, 3.63) is 59.7 Å². The van der Waals surface area contributed by atoms with Gasteiger partial charge in [-0.05, 0) is 44.0 Å². The first-order valence-corrected chi connectivity index (χ1v) is 12.4. The fourth-order valence-corrected chi connectivity index (χ4v) is 4.35.